The van der Waals surface area contributed by atoms with Crippen molar-refractivity contribution in [1.29, 1.82) is 0 Å². The molecular weight excluding hydrogens is 178 g/mol. The van der Waals surface area contributed by atoms with Crippen LogP contribution in [0.2, 0.25) is 0 Å². The molecule has 2 rings (SSSR count). The van der Waals surface area contributed by atoms with Crippen molar-refractivity contribution in [2.75, 3.05) is 13.2 Å². The van der Waals surface area contributed by atoms with E-state index in [4.69, 9.17) is 10.5 Å². The lowest BCUT2D eigenvalue weighted by atomic mass is 9.90. The van der Waals surface area contributed by atoms with Crippen molar-refractivity contribution >= 4 is 0 Å². The lowest BCUT2D eigenvalue weighted by molar-refractivity contribution is 0.0491. The van der Waals surface area contributed by atoms with E-state index in [1.165, 1.54) is 0 Å². The second kappa shape index (κ2) is 3.63. The van der Waals surface area contributed by atoms with Crippen LogP contribution in [0.4, 0.5) is 0 Å². The minimum atomic E-state index is -0.385. The molecule has 0 spiro atoms. The molecule has 1 fully saturated rings. The van der Waals surface area contributed by atoms with Crippen LogP contribution in [-0.4, -0.2) is 23.2 Å². The normalized spacial score (nSPS) is 20.7. The number of aromatic nitrogens is 2. The Labute approximate surface area is 83.5 Å². The van der Waals surface area contributed by atoms with E-state index in [1.54, 1.807) is 6.20 Å². The molecule has 1 aromatic heterocycles. The van der Waals surface area contributed by atoms with Crippen LogP contribution >= 0.6 is 0 Å². The molecular formula is C10H15N3O. The Kier molecular flexibility index (Phi) is 2.48. The average Bonchev–Trinajstić information content (AvgIpc) is 2.19. The van der Waals surface area contributed by atoms with Crippen molar-refractivity contribution < 1.29 is 4.74 Å². The summed E-state index contributed by atoms with van der Waals surface area (Å²) in [6.45, 7) is 3.36. The van der Waals surface area contributed by atoms with Gasteiger partial charge in [0.1, 0.15) is 5.82 Å². The first kappa shape index (κ1) is 9.55. The van der Waals surface area contributed by atoms with Crippen LogP contribution in [0.15, 0.2) is 12.3 Å². The maximum absolute atomic E-state index is 6.24. The third-order valence-electron chi connectivity index (χ3n) is 2.63. The highest BCUT2D eigenvalue weighted by Gasteiger charge is 2.32. The predicted octanol–water partition coefficient (Wildman–Crippen LogP) is 0.749. The summed E-state index contributed by atoms with van der Waals surface area (Å²) in [6.07, 6.45) is 3.37. The first-order valence-corrected chi connectivity index (χ1v) is 4.87. The summed E-state index contributed by atoms with van der Waals surface area (Å²) in [5.74, 6) is 0.751. The molecule has 0 aliphatic carbocycles. The summed E-state index contributed by atoms with van der Waals surface area (Å²) >= 11 is 0. The standard InChI is InChI=1S/C10H15N3O/c1-8-2-5-12-9(13-8)10(11)3-6-14-7-4-10/h2,5H,3-4,6-7,11H2,1H3. The fraction of sp³-hybridized carbons (Fsp3) is 0.600. The highest BCUT2D eigenvalue weighted by molar-refractivity contribution is 5.09. The van der Waals surface area contributed by atoms with Crippen LogP contribution in [0.25, 0.3) is 0 Å². The quantitative estimate of drug-likeness (QED) is 0.715. The molecule has 2 heterocycles. The van der Waals surface area contributed by atoms with Gasteiger partial charge in [-0.1, -0.05) is 0 Å². The molecule has 4 heteroatoms. The summed E-state index contributed by atoms with van der Waals surface area (Å²) in [5.41, 5.74) is 6.82. The topological polar surface area (TPSA) is 61.0 Å². The maximum atomic E-state index is 6.24. The van der Waals surface area contributed by atoms with Gasteiger partial charge in [0, 0.05) is 25.1 Å². The Balaban J connectivity index is 2.28. The van der Waals surface area contributed by atoms with Crippen LogP contribution in [0, 0.1) is 6.92 Å². The van der Waals surface area contributed by atoms with Gasteiger partial charge in [-0.15, -0.1) is 0 Å². The zero-order valence-corrected chi connectivity index (χ0v) is 8.36. The Bertz CT molecular complexity index is 321. The fourth-order valence-electron chi connectivity index (χ4n) is 1.65. The molecule has 2 N–H and O–H groups in total. The molecule has 0 aromatic carbocycles. The minimum absolute atomic E-state index is 0.385. The van der Waals surface area contributed by atoms with E-state index in [0.29, 0.717) is 13.2 Å². The number of nitrogens with two attached hydrogens (primary N) is 1. The van der Waals surface area contributed by atoms with Gasteiger partial charge in [-0.3, -0.25) is 0 Å². The number of nitrogens with zero attached hydrogens (tertiary/aromatic N) is 2. The average molecular weight is 193 g/mol. The highest BCUT2D eigenvalue weighted by atomic mass is 16.5. The number of ether oxygens (including phenoxy) is 1. The zero-order chi connectivity index (χ0) is 10.0. The van der Waals surface area contributed by atoms with E-state index in [0.717, 1.165) is 24.4 Å². The molecule has 1 aliphatic heterocycles. The van der Waals surface area contributed by atoms with Crippen LogP contribution in [0.1, 0.15) is 24.4 Å². The monoisotopic (exact) mass is 193 g/mol. The molecule has 0 atom stereocenters. The summed E-state index contributed by atoms with van der Waals surface area (Å²) in [6, 6.07) is 1.88. The lowest BCUT2D eigenvalue weighted by Gasteiger charge is -2.31. The van der Waals surface area contributed by atoms with Crippen LogP contribution in [0.3, 0.4) is 0 Å². The molecule has 76 valence electrons. The number of rotatable bonds is 1. The second-order valence-electron chi connectivity index (χ2n) is 3.79. The number of hydrogen-bond acceptors (Lipinski definition) is 4. The van der Waals surface area contributed by atoms with Crippen molar-refractivity contribution in [3.8, 4) is 0 Å². The van der Waals surface area contributed by atoms with Gasteiger partial charge in [0.2, 0.25) is 0 Å². The van der Waals surface area contributed by atoms with E-state index < -0.39 is 0 Å². The zero-order valence-electron chi connectivity index (χ0n) is 8.36. The Hall–Kier alpha value is -1.00. The third-order valence-corrected chi connectivity index (χ3v) is 2.63. The molecule has 1 aliphatic rings. The molecule has 4 nitrogen and oxygen atoms in total. The van der Waals surface area contributed by atoms with Crippen molar-refractivity contribution in [3.63, 3.8) is 0 Å². The van der Waals surface area contributed by atoms with Crippen molar-refractivity contribution in [2.45, 2.75) is 25.3 Å². The van der Waals surface area contributed by atoms with E-state index in [-0.39, 0.29) is 5.54 Å². The van der Waals surface area contributed by atoms with E-state index in [2.05, 4.69) is 9.97 Å². The highest BCUT2D eigenvalue weighted by Crippen LogP contribution is 2.26. The minimum Gasteiger partial charge on any atom is -0.381 e. The summed E-state index contributed by atoms with van der Waals surface area (Å²) in [7, 11) is 0. The van der Waals surface area contributed by atoms with Crippen molar-refractivity contribution in [1.82, 2.24) is 9.97 Å². The van der Waals surface area contributed by atoms with Gasteiger partial charge < -0.3 is 10.5 Å². The van der Waals surface area contributed by atoms with Gasteiger partial charge in [0.15, 0.2) is 0 Å². The molecule has 1 saturated heterocycles. The van der Waals surface area contributed by atoms with Gasteiger partial charge in [-0.05, 0) is 25.8 Å². The van der Waals surface area contributed by atoms with Crippen molar-refractivity contribution in [2.24, 2.45) is 5.73 Å². The second-order valence-corrected chi connectivity index (χ2v) is 3.79. The van der Waals surface area contributed by atoms with E-state index in [9.17, 15) is 0 Å². The van der Waals surface area contributed by atoms with E-state index >= 15 is 0 Å². The maximum Gasteiger partial charge on any atom is 0.148 e. The van der Waals surface area contributed by atoms with Gasteiger partial charge >= 0.3 is 0 Å². The summed E-state index contributed by atoms with van der Waals surface area (Å²) in [4.78, 5) is 8.62. The van der Waals surface area contributed by atoms with Crippen LogP contribution < -0.4 is 5.73 Å². The Morgan fingerprint density at radius 3 is 2.79 bits per heavy atom. The van der Waals surface area contributed by atoms with Crippen molar-refractivity contribution in [3.05, 3.63) is 23.8 Å². The number of hydrogen-bond donors (Lipinski definition) is 1. The smallest absolute Gasteiger partial charge is 0.148 e. The first-order chi connectivity index (χ1) is 6.71. The number of aryl methyl sites for hydroxylation is 1. The summed E-state index contributed by atoms with van der Waals surface area (Å²) < 4.78 is 5.28. The fourth-order valence-corrected chi connectivity index (χ4v) is 1.65. The largest absolute Gasteiger partial charge is 0.381 e. The van der Waals surface area contributed by atoms with E-state index in [1.807, 2.05) is 13.0 Å². The van der Waals surface area contributed by atoms with Gasteiger partial charge in [0.05, 0.1) is 5.54 Å². The van der Waals surface area contributed by atoms with Crippen LogP contribution in [-0.2, 0) is 10.3 Å². The molecule has 0 saturated carbocycles. The Morgan fingerprint density at radius 2 is 2.14 bits per heavy atom. The molecule has 0 unspecified atom stereocenters. The lowest BCUT2D eigenvalue weighted by Crippen LogP contribution is -2.43. The Morgan fingerprint density at radius 1 is 1.43 bits per heavy atom. The van der Waals surface area contributed by atoms with Crippen LogP contribution in [0.5, 0.6) is 0 Å². The third kappa shape index (κ3) is 1.76. The van der Waals surface area contributed by atoms with Gasteiger partial charge in [-0.25, -0.2) is 9.97 Å². The summed E-state index contributed by atoms with van der Waals surface area (Å²) in [5, 5.41) is 0. The van der Waals surface area contributed by atoms with Gasteiger partial charge in [-0.2, -0.15) is 0 Å². The molecule has 0 bridgehead atoms. The SMILES string of the molecule is Cc1ccnc(C2(N)CCOCC2)n1. The molecule has 14 heavy (non-hydrogen) atoms. The molecule has 0 amide bonds. The molecule has 1 aromatic rings. The first-order valence-electron chi connectivity index (χ1n) is 4.87. The predicted molar refractivity (Wildman–Crippen MR) is 52.7 cm³/mol. The molecule has 0 radical (unpaired) electrons. The van der Waals surface area contributed by atoms with Gasteiger partial charge in [0.25, 0.3) is 0 Å².